The van der Waals surface area contributed by atoms with Gasteiger partial charge in [0, 0.05) is 12.1 Å². The molecular formula is C12H20N2O. The molecule has 0 aromatic carbocycles. The molecule has 3 rings (SSSR count). The van der Waals surface area contributed by atoms with E-state index in [-0.39, 0.29) is 5.91 Å². The molecule has 2 N–H and O–H groups in total. The summed E-state index contributed by atoms with van der Waals surface area (Å²) < 4.78 is 0. The summed E-state index contributed by atoms with van der Waals surface area (Å²) in [5.41, 5.74) is 0. The lowest BCUT2D eigenvalue weighted by Gasteiger charge is -2.22. The molecule has 84 valence electrons. The van der Waals surface area contributed by atoms with Crippen molar-refractivity contribution in [1.29, 1.82) is 0 Å². The molecule has 3 unspecified atom stereocenters. The lowest BCUT2D eigenvalue weighted by Crippen LogP contribution is -2.42. The van der Waals surface area contributed by atoms with Crippen LogP contribution in [0.1, 0.15) is 38.5 Å². The monoisotopic (exact) mass is 208 g/mol. The number of hydrogen-bond acceptors (Lipinski definition) is 2. The van der Waals surface area contributed by atoms with Gasteiger partial charge in [0.15, 0.2) is 0 Å². The number of carbonyl (C=O) groups is 1. The number of fused-ring (bicyclic) bond motifs is 2. The summed E-state index contributed by atoms with van der Waals surface area (Å²) in [4.78, 5) is 11.5. The molecule has 0 aromatic heterocycles. The first-order valence-electron chi connectivity index (χ1n) is 6.34. The van der Waals surface area contributed by atoms with Crippen LogP contribution >= 0.6 is 0 Å². The van der Waals surface area contributed by atoms with Crippen LogP contribution < -0.4 is 10.6 Å². The van der Waals surface area contributed by atoms with Gasteiger partial charge in [0.2, 0.25) is 5.91 Å². The minimum Gasteiger partial charge on any atom is -0.352 e. The Morgan fingerprint density at radius 1 is 1.13 bits per heavy atom. The van der Waals surface area contributed by atoms with Gasteiger partial charge in [-0.05, 0) is 43.9 Å². The van der Waals surface area contributed by atoms with Gasteiger partial charge in [-0.15, -0.1) is 0 Å². The zero-order valence-electron chi connectivity index (χ0n) is 9.17. The summed E-state index contributed by atoms with van der Waals surface area (Å²) in [6.45, 7) is 0.532. The Hall–Kier alpha value is -0.570. The number of rotatable bonds is 4. The second-order valence-electron chi connectivity index (χ2n) is 5.50. The van der Waals surface area contributed by atoms with E-state index in [2.05, 4.69) is 10.6 Å². The quantitative estimate of drug-likeness (QED) is 0.725. The first-order chi connectivity index (χ1) is 7.31. The highest BCUT2D eigenvalue weighted by molar-refractivity contribution is 5.78. The molecule has 0 aliphatic heterocycles. The third-order valence-electron chi connectivity index (χ3n) is 4.21. The van der Waals surface area contributed by atoms with Crippen LogP contribution in [-0.2, 0) is 4.79 Å². The first-order valence-corrected chi connectivity index (χ1v) is 6.34. The Kier molecular flexibility index (Phi) is 2.43. The van der Waals surface area contributed by atoms with Crippen LogP contribution in [-0.4, -0.2) is 24.5 Å². The number of amides is 1. The topological polar surface area (TPSA) is 41.1 Å². The summed E-state index contributed by atoms with van der Waals surface area (Å²) in [7, 11) is 0. The predicted molar refractivity (Wildman–Crippen MR) is 58.4 cm³/mol. The number of hydrogen-bond donors (Lipinski definition) is 2. The van der Waals surface area contributed by atoms with Gasteiger partial charge in [-0.3, -0.25) is 4.79 Å². The lowest BCUT2D eigenvalue weighted by molar-refractivity contribution is -0.120. The highest BCUT2D eigenvalue weighted by Gasteiger charge is 2.39. The lowest BCUT2D eigenvalue weighted by atomic mass is 9.95. The van der Waals surface area contributed by atoms with Crippen molar-refractivity contribution in [2.75, 3.05) is 6.54 Å². The zero-order chi connectivity index (χ0) is 10.3. The van der Waals surface area contributed by atoms with Gasteiger partial charge in [-0.2, -0.15) is 0 Å². The van der Waals surface area contributed by atoms with Crippen molar-refractivity contribution in [2.45, 2.75) is 50.6 Å². The van der Waals surface area contributed by atoms with Crippen LogP contribution in [0.5, 0.6) is 0 Å². The Bertz CT molecular complexity index is 262. The van der Waals surface area contributed by atoms with E-state index in [4.69, 9.17) is 0 Å². The van der Waals surface area contributed by atoms with E-state index in [1.807, 2.05) is 0 Å². The maximum absolute atomic E-state index is 11.5. The second kappa shape index (κ2) is 3.78. The molecule has 3 heteroatoms. The maximum Gasteiger partial charge on any atom is 0.234 e. The van der Waals surface area contributed by atoms with Gasteiger partial charge >= 0.3 is 0 Å². The van der Waals surface area contributed by atoms with Gasteiger partial charge in [0.1, 0.15) is 0 Å². The van der Waals surface area contributed by atoms with E-state index in [1.165, 1.54) is 38.5 Å². The molecule has 0 aromatic rings. The molecule has 15 heavy (non-hydrogen) atoms. The van der Waals surface area contributed by atoms with Gasteiger partial charge in [0.25, 0.3) is 0 Å². The molecule has 0 radical (unpaired) electrons. The largest absolute Gasteiger partial charge is 0.352 e. The highest BCUT2D eigenvalue weighted by atomic mass is 16.2. The van der Waals surface area contributed by atoms with Gasteiger partial charge < -0.3 is 10.6 Å². The molecule has 3 aliphatic carbocycles. The summed E-state index contributed by atoms with van der Waals surface area (Å²) in [5, 5.41) is 6.45. The van der Waals surface area contributed by atoms with Crippen LogP contribution in [0, 0.1) is 11.8 Å². The molecule has 3 atom stereocenters. The smallest absolute Gasteiger partial charge is 0.234 e. The fraction of sp³-hybridized carbons (Fsp3) is 0.917. The van der Waals surface area contributed by atoms with Crippen molar-refractivity contribution in [2.24, 2.45) is 11.8 Å². The third-order valence-corrected chi connectivity index (χ3v) is 4.21. The Morgan fingerprint density at radius 3 is 2.60 bits per heavy atom. The summed E-state index contributed by atoms with van der Waals surface area (Å²) in [6, 6.07) is 1.13. The Balaban J connectivity index is 1.40. The molecule has 1 amide bonds. The molecular weight excluding hydrogens is 188 g/mol. The van der Waals surface area contributed by atoms with Crippen LogP contribution in [0.3, 0.4) is 0 Å². The standard InChI is InChI=1S/C12H20N2O/c15-12(14-10-3-4-10)7-13-11-6-8-1-2-9(11)5-8/h8-11,13H,1-7H2,(H,14,15). The van der Waals surface area contributed by atoms with E-state index >= 15 is 0 Å². The molecule has 3 saturated carbocycles. The number of nitrogens with one attached hydrogen (secondary N) is 2. The van der Waals surface area contributed by atoms with Crippen molar-refractivity contribution in [1.82, 2.24) is 10.6 Å². The average Bonchev–Trinajstić information content (AvgIpc) is 2.80. The van der Waals surface area contributed by atoms with Crippen molar-refractivity contribution in [3.8, 4) is 0 Å². The summed E-state index contributed by atoms with van der Waals surface area (Å²) in [6.07, 6.45) is 7.88. The molecule has 2 bridgehead atoms. The molecule has 3 nitrogen and oxygen atoms in total. The molecule has 0 heterocycles. The molecule has 0 saturated heterocycles. The average molecular weight is 208 g/mol. The summed E-state index contributed by atoms with van der Waals surface area (Å²) >= 11 is 0. The molecule has 3 fully saturated rings. The van der Waals surface area contributed by atoms with E-state index in [9.17, 15) is 4.79 Å². The van der Waals surface area contributed by atoms with Crippen LogP contribution in [0.2, 0.25) is 0 Å². The van der Waals surface area contributed by atoms with Gasteiger partial charge in [-0.25, -0.2) is 0 Å². The van der Waals surface area contributed by atoms with Crippen LogP contribution in [0.25, 0.3) is 0 Å². The fourth-order valence-electron chi connectivity index (χ4n) is 3.22. The van der Waals surface area contributed by atoms with Crippen molar-refractivity contribution in [3.63, 3.8) is 0 Å². The highest BCUT2D eigenvalue weighted by Crippen LogP contribution is 2.44. The van der Waals surface area contributed by atoms with Gasteiger partial charge in [0.05, 0.1) is 6.54 Å². The SMILES string of the molecule is O=C(CNC1CC2CCC1C2)NC1CC1. The Morgan fingerprint density at radius 2 is 2.00 bits per heavy atom. The van der Waals surface area contributed by atoms with Crippen LogP contribution in [0.15, 0.2) is 0 Å². The fourth-order valence-corrected chi connectivity index (χ4v) is 3.22. The van der Waals surface area contributed by atoms with Crippen molar-refractivity contribution < 1.29 is 4.79 Å². The zero-order valence-corrected chi connectivity index (χ0v) is 9.17. The molecule has 3 aliphatic rings. The van der Waals surface area contributed by atoms with Gasteiger partial charge in [-0.1, -0.05) is 6.42 Å². The van der Waals surface area contributed by atoms with Crippen molar-refractivity contribution >= 4 is 5.91 Å². The van der Waals surface area contributed by atoms with E-state index in [0.29, 0.717) is 18.6 Å². The van der Waals surface area contributed by atoms with Crippen molar-refractivity contribution in [3.05, 3.63) is 0 Å². The molecule has 0 spiro atoms. The van der Waals surface area contributed by atoms with E-state index in [1.54, 1.807) is 0 Å². The van der Waals surface area contributed by atoms with E-state index < -0.39 is 0 Å². The third kappa shape index (κ3) is 2.17. The van der Waals surface area contributed by atoms with Crippen LogP contribution in [0.4, 0.5) is 0 Å². The normalized spacial score (nSPS) is 38.3. The minimum atomic E-state index is 0.195. The Labute approximate surface area is 91.0 Å². The first kappa shape index (κ1) is 9.64. The minimum absolute atomic E-state index is 0.195. The predicted octanol–water partition coefficient (Wildman–Crippen LogP) is 1.04. The summed E-state index contributed by atoms with van der Waals surface area (Å²) in [5.74, 6) is 2.02. The maximum atomic E-state index is 11.5. The number of carbonyl (C=O) groups excluding carboxylic acids is 1. The van der Waals surface area contributed by atoms with E-state index in [0.717, 1.165) is 11.8 Å². The second-order valence-corrected chi connectivity index (χ2v) is 5.50.